The summed E-state index contributed by atoms with van der Waals surface area (Å²) in [7, 11) is -4.18. The molecule has 2 aromatic carbocycles. The predicted octanol–water partition coefficient (Wildman–Crippen LogP) is 3.26. The maximum Gasteiger partial charge on any atom is 0.294 e. The fraction of sp³-hybridized carbons (Fsp3) is 0. The van der Waals surface area contributed by atoms with Gasteiger partial charge in [0, 0.05) is 11.1 Å². The number of rotatable bonds is 3. The normalized spacial score (nSPS) is 11.5. The third-order valence-electron chi connectivity index (χ3n) is 2.97. The first-order valence-corrected chi connectivity index (χ1v) is 7.57. The van der Waals surface area contributed by atoms with E-state index in [2.05, 4.69) is 4.98 Å². The molecule has 0 unspecified atom stereocenters. The van der Waals surface area contributed by atoms with Crippen molar-refractivity contribution in [3.05, 3.63) is 60.9 Å². The summed E-state index contributed by atoms with van der Waals surface area (Å²) in [5.74, 6) is 0.490. The van der Waals surface area contributed by atoms with Gasteiger partial charge in [-0.05, 0) is 24.3 Å². The Labute approximate surface area is 121 Å². The van der Waals surface area contributed by atoms with Crippen LogP contribution in [0.25, 0.3) is 22.7 Å². The number of benzene rings is 2. The molecule has 0 atom stereocenters. The van der Waals surface area contributed by atoms with E-state index in [1.54, 1.807) is 12.1 Å². The molecule has 3 aromatic rings. The molecule has 5 nitrogen and oxygen atoms in total. The summed E-state index contributed by atoms with van der Waals surface area (Å²) in [6.45, 7) is 0. The van der Waals surface area contributed by atoms with Gasteiger partial charge in [0.05, 0.1) is 4.90 Å². The number of hydrogen-bond acceptors (Lipinski definition) is 4. The summed E-state index contributed by atoms with van der Waals surface area (Å²) in [4.78, 5) is 4.21. The van der Waals surface area contributed by atoms with Gasteiger partial charge in [0.2, 0.25) is 5.89 Å². The van der Waals surface area contributed by atoms with Crippen molar-refractivity contribution in [2.45, 2.75) is 4.90 Å². The summed E-state index contributed by atoms with van der Waals surface area (Å²) in [5, 5.41) is 0. The van der Waals surface area contributed by atoms with E-state index in [0.29, 0.717) is 17.1 Å². The van der Waals surface area contributed by atoms with Crippen LogP contribution in [0.3, 0.4) is 0 Å². The molecular formula is C15H11NO4S. The predicted molar refractivity (Wildman–Crippen MR) is 77.2 cm³/mol. The van der Waals surface area contributed by atoms with Gasteiger partial charge < -0.3 is 4.42 Å². The van der Waals surface area contributed by atoms with E-state index >= 15 is 0 Å². The summed E-state index contributed by atoms with van der Waals surface area (Å²) in [6, 6.07) is 15.2. The largest absolute Gasteiger partial charge is 0.444 e. The van der Waals surface area contributed by atoms with Crippen LogP contribution in [0.1, 0.15) is 0 Å². The minimum Gasteiger partial charge on any atom is -0.444 e. The zero-order valence-electron chi connectivity index (χ0n) is 10.8. The molecule has 3 rings (SSSR count). The van der Waals surface area contributed by atoms with Gasteiger partial charge in [0.25, 0.3) is 10.1 Å². The zero-order valence-corrected chi connectivity index (χ0v) is 11.6. The molecule has 1 aromatic heterocycles. The fourth-order valence-corrected chi connectivity index (χ4v) is 2.40. The smallest absolute Gasteiger partial charge is 0.294 e. The average Bonchev–Trinajstić information content (AvgIpc) is 2.97. The molecule has 0 fully saturated rings. The molecule has 6 heteroatoms. The van der Waals surface area contributed by atoms with Crippen LogP contribution >= 0.6 is 0 Å². The third kappa shape index (κ3) is 2.86. The van der Waals surface area contributed by atoms with Crippen LogP contribution in [0.2, 0.25) is 0 Å². The fourth-order valence-electron chi connectivity index (χ4n) is 1.92. The summed E-state index contributed by atoms with van der Waals surface area (Å²) >= 11 is 0. The highest BCUT2D eigenvalue weighted by Gasteiger charge is 2.11. The molecule has 0 aliphatic heterocycles. The van der Waals surface area contributed by atoms with Crippen LogP contribution in [0, 0.1) is 0 Å². The van der Waals surface area contributed by atoms with Gasteiger partial charge in [-0.15, -0.1) is 0 Å². The van der Waals surface area contributed by atoms with Crippen molar-refractivity contribution in [1.82, 2.24) is 4.98 Å². The Kier molecular flexibility index (Phi) is 3.32. The summed E-state index contributed by atoms with van der Waals surface area (Å²) < 4.78 is 36.3. The summed E-state index contributed by atoms with van der Waals surface area (Å²) in [6.07, 6.45) is 1.50. The standard InChI is InChI=1S/C15H11NO4S/c17-21(18,19)13-8-6-11(7-9-13)14-10-20-15(16-14)12-4-2-1-3-5-12/h1-10H,(H,17,18,19). The second-order valence-corrected chi connectivity index (χ2v) is 5.82. The number of nitrogens with zero attached hydrogens (tertiary/aromatic N) is 1. The van der Waals surface area contributed by atoms with Gasteiger partial charge in [-0.25, -0.2) is 4.98 Å². The van der Waals surface area contributed by atoms with Crippen molar-refractivity contribution >= 4 is 10.1 Å². The van der Waals surface area contributed by atoms with Crippen molar-refractivity contribution in [3.63, 3.8) is 0 Å². The first kappa shape index (κ1) is 13.5. The number of aromatic nitrogens is 1. The minimum atomic E-state index is -4.18. The molecule has 106 valence electrons. The first-order chi connectivity index (χ1) is 10.0. The van der Waals surface area contributed by atoms with E-state index in [1.807, 2.05) is 30.3 Å². The highest BCUT2D eigenvalue weighted by Crippen LogP contribution is 2.25. The first-order valence-electron chi connectivity index (χ1n) is 6.13. The molecule has 0 aliphatic rings. The molecule has 0 amide bonds. The van der Waals surface area contributed by atoms with Crippen LogP contribution in [0.15, 0.2) is 70.2 Å². The Hall–Kier alpha value is -2.44. The highest BCUT2D eigenvalue weighted by atomic mass is 32.2. The van der Waals surface area contributed by atoms with Crippen molar-refractivity contribution < 1.29 is 17.4 Å². The van der Waals surface area contributed by atoms with Gasteiger partial charge in [-0.2, -0.15) is 8.42 Å². The van der Waals surface area contributed by atoms with Gasteiger partial charge in [0.15, 0.2) is 0 Å². The Bertz CT molecular complexity index is 852. The van der Waals surface area contributed by atoms with E-state index in [4.69, 9.17) is 8.97 Å². The van der Waals surface area contributed by atoms with E-state index in [9.17, 15) is 8.42 Å². The maximum atomic E-state index is 11.0. The second kappa shape index (κ2) is 5.16. The Balaban J connectivity index is 1.94. The molecule has 0 radical (unpaired) electrons. The van der Waals surface area contributed by atoms with Crippen molar-refractivity contribution in [2.75, 3.05) is 0 Å². The van der Waals surface area contributed by atoms with Gasteiger partial charge >= 0.3 is 0 Å². The molecule has 0 saturated heterocycles. The average molecular weight is 301 g/mol. The van der Waals surface area contributed by atoms with Gasteiger partial charge in [0.1, 0.15) is 12.0 Å². The SMILES string of the molecule is O=S(=O)(O)c1ccc(-c2coc(-c3ccccc3)n2)cc1. The van der Waals surface area contributed by atoms with Crippen LogP contribution in [0.5, 0.6) is 0 Å². The van der Waals surface area contributed by atoms with Crippen LogP contribution in [-0.2, 0) is 10.1 Å². The molecule has 21 heavy (non-hydrogen) atoms. The van der Waals surface area contributed by atoms with E-state index in [1.165, 1.54) is 18.4 Å². The summed E-state index contributed by atoms with van der Waals surface area (Å²) in [5.41, 5.74) is 2.15. The monoisotopic (exact) mass is 301 g/mol. The lowest BCUT2D eigenvalue weighted by atomic mass is 10.2. The molecular weight excluding hydrogens is 290 g/mol. The topological polar surface area (TPSA) is 80.4 Å². The van der Waals surface area contributed by atoms with Crippen LogP contribution in [-0.4, -0.2) is 18.0 Å². The third-order valence-corrected chi connectivity index (χ3v) is 3.84. The molecule has 1 heterocycles. The number of oxazole rings is 1. The zero-order chi connectivity index (χ0) is 14.9. The lowest BCUT2D eigenvalue weighted by Gasteiger charge is -1.98. The van der Waals surface area contributed by atoms with E-state index < -0.39 is 10.1 Å². The second-order valence-electron chi connectivity index (χ2n) is 4.40. The van der Waals surface area contributed by atoms with Crippen molar-refractivity contribution in [1.29, 1.82) is 0 Å². The van der Waals surface area contributed by atoms with E-state index in [0.717, 1.165) is 5.56 Å². The molecule has 0 spiro atoms. The quantitative estimate of drug-likeness (QED) is 0.751. The Morgan fingerprint density at radius 2 is 1.57 bits per heavy atom. The lowest BCUT2D eigenvalue weighted by molar-refractivity contribution is 0.483. The van der Waals surface area contributed by atoms with Gasteiger partial charge in [-0.1, -0.05) is 30.3 Å². The van der Waals surface area contributed by atoms with Crippen LogP contribution < -0.4 is 0 Å². The molecule has 0 bridgehead atoms. The van der Waals surface area contributed by atoms with Gasteiger partial charge in [-0.3, -0.25) is 4.55 Å². The van der Waals surface area contributed by atoms with Crippen molar-refractivity contribution in [2.24, 2.45) is 0 Å². The lowest BCUT2D eigenvalue weighted by Crippen LogP contribution is -1.97. The van der Waals surface area contributed by atoms with Crippen LogP contribution in [0.4, 0.5) is 0 Å². The molecule has 1 N–H and O–H groups in total. The Morgan fingerprint density at radius 3 is 2.19 bits per heavy atom. The van der Waals surface area contributed by atoms with E-state index in [-0.39, 0.29) is 4.90 Å². The Morgan fingerprint density at radius 1 is 0.905 bits per heavy atom. The maximum absolute atomic E-state index is 11.0. The molecule has 0 saturated carbocycles. The van der Waals surface area contributed by atoms with Crippen molar-refractivity contribution in [3.8, 4) is 22.7 Å². The number of hydrogen-bond donors (Lipinski definition) is 1. The molecule has 0 aliphatic carbocycles. The minimum absolute atomic E-state index is 0.155. The highest BCUT2D eigenvalue weighted by molar-refractivity contribution is 7.85.